The lowest BCUT2D eigenvalue weighted by Crippen LogP contribution is -2.42. The SMILES string of the molecule is C.CC(=O)CCC(C=O)C1C(=O)c2cccc(CCc3ccc(CCCCCC4CCC(CC5=CC6C(=O)C(c7cccc(C89CCC8C8=C(C=C[CH]8)C9)c7)C=C6C(C(C)(F)F)=C5)CC4)cc3)c2C1=O. The molecule has 7 aliphatic rings. The first-order valence-electron chi connectivity index (χ1n) is 26.0. The number of rotatable bonds is 19. The van der Waals surface area contributed by atoms with Crippen molar-refractivity contribution < 1.29 is 32.8 Å². The van der Waals surface area contributed by atoms with Gasteiger partial charge >= 0.3 is 0 Å². The van der Waals surface area contributed by atoms with E-state index >= 15 is 8.78 Å². The summed E-state index contributed by atoms with van der Waals surface area (Å²) in [6.45, 7) is 2.43. The molecule has 0 N–H and O–H groups in total. The molecule has 6 unspecified atom stereocenters. The molecule has 10 rings (SSSR count). The number of fused-ring (bicyclic) bond motifs is 4. The summed E-state index contributed by atoms with van der Waals surface area (Å²) in [7, 11) is 0. The minimum absolute atomic E-state index is 0. The summed E-state index contributed by atoms with van der Waals surface area (Å²) >= 11 is 0. The standard InChI is InChI=1S/C62H65F2O5.CH4/c1-38(66)17-27-47(37-65)57-59(68)50-16-7-11-44(56(50)60(57)69)28-26-41-20-18-39(19-21-41)9-4-3-5-10-40-22-24-42(25-23-40)31-43-32-53-52(55(33-43)61(2,63)64)35-51(58(53)67)45-12-6-14-48(34-45)62-30-29-54(62)49-15-8-13-46(49)36-62;/h6-8,11-16,18-21,32-35,37,40,42,47,51,53-54,57H,3-5,9-10,17,22-31,36H2,1-2H3;1H4. The van der Waals surface area contributed by atoms with Crippen LogP contribution in [0.15, 0.2) is 125 Å². The molecule has 0 aromatic heterocycles. The Kier molecular flexibility index (Phi) is 14.4. The molecular formula is C63H69F2O5. The smallest absolute Gasteiger partial charge is 0.270 e. The lowest BCUT2D eigenvalue weighted by Gasteiger charge is -2.47. The van der Waals surface area contributed by atoms with Gasteiger partial charge in [-0.05, 0) is 140 Å². The quantitative estimate of drug-likeness (QED) is 0.0679. The monoisotopic (exact) mass is 944 g/mol. The van der Waals surface area contributed by atoms with Crippen molar-refractivity contribution in [2.75, 3.05) is 0 Å². The van der Waals surface area contributed by atoms with Gasteiger partial charge < -0.3 is 9.59 Å². The van der Waals surface area contributed by atoms with Crippen molar-refractivity contribution in [3.8, 4) is 0 Å². The second kappa shape index (κ2) is 20.4. The average Bonchev–Trinajstić information content (AvgIpc) is 4.05. The van der Waals surface area contributed by atoms with E-state index in [1.807, 2.05) is 30.4 Å². The van der Waals surface area contributed by atoms with Crippen LogP contribution in [0.2, 0.25) is 0 Å². The Morgan fingerprint density at radius 2 is 1.59 bits per heavy atom. The van der Waals surface area contributed by atoms with Crippen molar-refractivity contribution in [1.82, 2.24) is 0 Å². The number of Topliss-reactive ketones (excluding diaryl/α,β-unsaturated/α-hetero) is 4. The van der Waals surface area contributed by atoms with Crippen molar-refractivity contribution in [3.63, 3.8) is 0 Å². The van der Waals surface area contributed by atoms with Crippen molar-refractivity contribution in [3.05, 3.63) is 170 Å². The van der Waals surface area contributed by atoms with Gasteiger partial charge in [-0.15, -0.1) is 0 Å². The van der Waals surface area contributed by atoms with E-state index in [2.05, 4.69) is 61.0 Å². The Balaban J connectivity index is 0.00000608. The molecule has 3 aromatic rings. The number of hydrogen-bond donors (Lipinski definition) is 0. The van der Waals surface area contributed by atoms with Crippen molar-refractivity contribution in [1.29, 1.82) is 0 Å². The van der Waals surface area contributed by atoms with Crippen LogP contribution < -0.4 is 0 Å². The van der Waals surface area contributed by atoms with Gasteiger partial charge in [0.1, 0.15) is 12.1 Å². The third-order valence-electron chi connectivity index (χ3n) is 17.4. The van der Waals surface area contributed by atoms with E-state index < -0.39 is 29.6 Å². The van der Waals surface area contributed by atoms with Gasteiger partial charge in [-0.3, -0.25) is 14.4 Å². The predicted molar refractivity (Wildman–Crippen MR) is 273 cm³/mol. The van der Waals surface area contributed by atoms with Gasteiger partial charge in [0.15, 0.2) is 17.3 Å². The summed E-state index contributed by atoms with van der Waals surface area (Å²) in [6, 6.07) is 22.6. The van der Waals surface area contributed by atoms with E-state index in [-0.39, 0.29) is 54.4 Å². The highest BCUT2D eigenvalue weighted by atomic mass is 19.3. The number of alkyl halides is 2. The lowest BCUT2D eigenvalue weighted by molar-refractivity contribution is -0.120. The van der Waals surface area contributed by atoms with Gasteiger partial charge in [0, 0.05) is 47.8 Å². The van der Waals surface area contributed by atoms with Crippen LogP contribution in [0.3, 0.4) is 0 Å². The maximum absolute atomic E-state index is 15.4. The van der Waals surface area contributed by atoms with E-state index in [1.165, 1.54) is 54.9 Å². The summed E-state index contributed by atoms with van der Waals surface area (Å²) in [4.78, 5) is 64.5. The van der Waals surface area contributed by atoms with E-state index in [0.29, 0.717) is 47.2 Å². The average molecular weight is 944 g/mol. The fraction of sp³-hybridized carbons (Fsp3) is 0.460. The second-order valence-corrected chi connectivity index (χ2v) is 21.8. The Hall–Kier alpha value is -5.43. The summed E-state index contributed by atoms with van der Waals surface area (Å²) in [5, 5.41) is 0. The van der Waals surface area contributed by atoms with Crippen LogP contribution in [-0.2, 0) is 39.1 Å². The topological polar surface area (TPSA) is 85.3 Å². The summed E-state index contributed by atoms with van der Waals surface area (Å²) in [5.74, 6) is -5.00. The van der Waals surface area contributed by atoms with E-state index in [0.717, 1.165) is 93.4 Å². The highest BCUT2D eigenvalue weighted by Crippen LogP contribution is 2.63. The Bertz CT molecular complexity index is 2720. The normalized spacial score (nSPS) is 26.9. The highest BCUT2D eigenvalue weighted by molar-refractivity contribution is 6.27. The maximum atomic E-state index is 15.4. The molecule has 7 heteroatoms. The first-order chi connectivity index (χ1) is 33.3. The Labute approximate surface area is 414 Å². The molecule has 0 spiro atoms. The number of carbonyl (C=O) groups excluding carboxylic acids is 5. The van der Waals surface area contributed by atoms with Crippen molar-refractivity contribution in [2.24, 2.45) is 35.5 Å². The van der Waals surface area contributed by atoms with Crippen LogP contribution in [0.1, 0.15) is 166 Å². The molecule has 6 atom stereocenters. The molecule has 0 amide bonds. The van der Waals surface area contributed by atoms with Gasteiger partial charge in [-0.2, -0.15) is 0 Å². The van der Waals surface area contributed by atoms with Crippen LogP contribution in [0.25, 0.3) is 0 Å². The second-order valence-electron chi connectivity index (χ2n) is 21.8. The minimum Gasteiger partial charge on any atom is -0.303 e. The van der Waals surface area contributed by atoms with E-state index in [1.54, 1.807) is 12.1 Å². The number of unbranched alkanes of at least 4 members (excludes halogenated alkanes) is 2. The van der Waals surface area contributed by atoms with Crippen molar-refractivity contribution >= 4 is 29.4 Å². The number of halogens is 2. The molecule has 0 bridgehead atoms. The van der Waals surface area contributed by atoms with Crippen LogP contribution in [0.5, 0.6) is 0 Å². The molecular weight excluding hydrogens is 875 g/mol. The number of benzene rings is 3. The summed E-state index contributed by atoms with van der Waals surface area (Å²) in [6.07, 6.45) is 29.0. The molecule has 7 aliphatic carbocycles. The fourth-order valence-corrected chi connectivity index (χ4v) is 13.5. The van der Waals surface area contributed by atoms with Crippen molar-refractivity contribution in [2.45, 2.75) is 148 Å². The van der Waals surface area contributed by atoms with Gasteiger partial charge in [-0.25, -0.2) is 8.78 Å². The Morgan fingerprint density at radius 1 is 0.843 bits per heavy atom. The lowest BCUT2D eigenvalue weighted by atomic mass is 9.56. The first-order valence-corrected chi connectivity index (χ1v) is 26.0. The van der Waals surface area contributed by atoms with Crippen LogP contribution in [0.4, 0.5) is 8.78 Å². The third-order valence-corrected chi connectivity index (χ3v) is 17.4. The molecule has 70 heavy (non-hydrogen) atoms. The minimum atomic E-state index is -3.04. The van der Waals surface area contributed by atoms with E-state index in [9.17, 15) is 24.0 Å². The number of aryl methyl sites for hydroxylation is 3. The zero-order valence-corrected chi connectivity index (χ0v) is 40.3. The molecule has 3 aromatic carbocycles. The fourth-order valence-electron chi connectivity index (χ4n) is 13.5. The summed E-state index contributed by atoms with van der Waals surface area (Å²) < 4.78 is 30.8. The number of hydrogen-bond acceptors (Lipinski definition) is 5. The molecule has 2 fully saturated rings. The van der Waals surface area contributed by atoms with Crippen LogP contribution in [0, 0.1) is 41.9 Å². The first kappa shape index (κ1) is 49.5. The highest BCUT2D eigenvalue weighted by Gasteiger charge is 2.55. The molecule has 1 radical (unpaired) electrons. The maximum Gasteiger partial charge on any atom is 0.270 e. The molecule has 0 saturated heterocycles. The number of aldehydes is 1. The molecule has 0 aliphatic heterocycles. The van der Waals surface area contributed by atoms with Gasteiger partial charge in [0.25, 0.3) is 5.92 Å². The zero-order valence-electron chi connectivity index (χ0n) is 40.3. The van der Waals surface area contributed by atoms with Crippen LogP contribution in [-0.4, -0.2) is 35.3 Å². The largest absolute Gasteiger partial charge is 0.303 e. The number of allylic oxidation sites excluding steroid dienone is 10. The predicted octanol–water partition coefficient (Wildman–Crippen LogP) is 14.1. The third kappa shape index (κ3) is 9.55. The Morgan fingerprint density at radius 3 is 2.30 bits per heavy atom. The molecule has 0 heterocycles. The van der Waals surface area contributed by atoms with Gasteiger partial charge in [-0.1, -0.05) is 142 Å². The van der Waals surface area contributed by atoms with E-state index in [4.69, 9.17) is 0 Å². The number of carbonyl (C=O) groups is 5. The molecule has 365 valence electrons. The molecule has 2 saturated carbocycles. The molecule has 5 nitrogen and oxygen atoms in total. The van der Waals surface area contributed by atoms with Crippen LogP contribution >= 0.6 is 0 Å². The summed E-state index contributed by atoms with van der Waals surface area (Å²) in [5.41, 5.74) is 10.8. The number of ketones is 4. The van der Waals surface area contributed by atoms with Gasteiger partial charge in [0.2, 0.25) is 0 Å². The van der Waals surface area contributed by atoms with Gasteiger partial charge in [0.05, 0.1) is 17.8 Å². The zero-order chi connectivity index (χ0) is 48.0.